The Kier molecular flexibility index (Phi) is 5.10. The van der Waals surface area contributed by atoms with Crippen LogP contribution in [0.1, 0.15) is 41.7 Å². The molecular weight excluding hydrogens is 382 g/mol. The van der Waals surface area contributed by atoms with Crippen molar-refractivity contribution in [2.75, 3.05) is 7.11 Å². The van der Waals surface area contributed by atoms with Crippen molar-refractivity contribution in [2.24, 2.45) is 0 Å². The van der Waals surface area contributed by atoms with Gasteiger partial charge in [-0.2, -0.15) is 11.3 Å². The van der Waals surface area contributed by atoms with Gasteiger partial charge in [-0.3, -0.25) is 4.90 Å². The Morgan fingerprint density at radius 1 is 1.04 bits per heavy atom. The molecule has 0 N–H and O–H groups in total. The number of benzene rings is 1. The van der Waals surface area contributed by atoms with Gasteiger partial charge in [-0.1, -0.05) is 23.8 Å². The second-order valence-corrected chi connectivity index (χ2v) is 9.58. The highest BCUT2D eigenvalue weighted by Crippen LogP contribution is 2.44. The van der Waals surface area contributed by atoms with E-state index in [9.17, 15) is 0 Å². The molecular formula is C24H25NOS2. The van der Waals surface area contributed by atoms with Gasteiger partial charge in [0.1, 0.15) is 5.75 Å². The molecule has 3 aromatic rings. The number of ether oxygens (including phenoxy) is 1. The minimum absolute atomic E-state index is 0.676. The summed E-state index contributed by atoms with van der Waals surface area (Å²) in [6.07, 6.45) is 5.03. The Morgan fingerprint density at radius 2 is 1.89 bits per heavy atom. The molecule has 2 atom stereocenters. The summed E-state index contributed by atoms with van der Waals surface area (Å²) >= 11 is 3.67. The summed E-state index contributed by atoms with van der Waals surface area (Å²) in [5.74, 6) is 0.934. The number of piperidine rings is 1. The SMILES string of the molecule is COc1cccc(C(=C2CC3CCC(C2)N3Cc2cccs2)c2ccsc2)c1. The van der Waals surface area contributed by atoms with Crippen LogP contribution in [0.4, 0.5) is 0 Å². The fourth-order valence-electron chi connectivity index (χ4n) is 4.91. The van der Waals surface area contributed by atoms with Gasteiger partial charge >= 0.3 is 0 Å². The van der Waals surface area contributed by atoms with Gasteiger partial charge in [0.2, 0.25) is 0 Å². The van der Waals surface area contributed by atoms with Gasteiger partial charge in [-0.15, -0.1) is 11.3 Å². The van der Waals surface area contributed by atoms with Gasteiger partial charge in [-0.05, 0) is 82.8 Å². The fraction of sp³-hybridized carbons (Fsp3) is 0.333. The van der Waals surface area contributed by atoms with Gasteiger partial charge in [0, 0.05) is 23.5 Å². The van der Waals surface area contributed by atoms with Crippen LogP contribution in [0, 0.1) is 0 Å². The zero-order chi connectivity index (χ0) is 18.9. The summed E-state index contributed by atoms with van der Waals surface area (Å²) in [4.78, 5) is 4.27. The van der Waals surface area contributed by atoms with Gasteiger partial charge < -0.3 is 4.74 Å². The molecule has 0 saturated carbocycles. The van der Waals surface area contributed by atoms with Crippen LogP contribution in [0.2, 0.25) is 0 Å². The molecule has 2 unspecified atom stereocenters. The maximum absolute atomic E-state index is 5.51. The number of nitrogens with zero attached hydrogens (tertiary/aromatic N) is 1. The van der Waals surface area contributed by atoms with Crippen LogP contribution in [0.25, 0.3) is 5.57 Å². The average molecular weight is 408 g/mol. The first-order chi connectivity index (χ1) is 13.8. The van der Waals surface area contributed by atoms with E-state index in [-0.39, 0.29) is 0 Å². The molecule has 2 fully saturated rings. The second-order valence-electron chi connectivity index (χ2n) is 7.77. The first-order valence-corrected chi connectivity index (χ1v) is 11.8. The quantitative estimate of drug-likeness (QED) is 0.482. The van der Waals surface area contributed by atoms with Gasteiger partial charge in [-0.25, -0.2) is 0 Å². The Hall–Kier alpha value is -1.88. The molecule has 1 aromatic carbocycles. The predicted molar refractivity (Wildman–Crippen MR) is 119 cm³/mol. The molecule has 2 nitrogen and oxygen atoms in total. The fourth-order valence-corrected chi connectivity index (χ4v) is 6.27. The molecule has 4 heterocycles. The Bertz CT molecular complexity index is 942. The summed E-state index contributed by atoms with van der Waals surface area (Å²) in [6, 6.07) is 16.7. The van der Waals surface area contributed by atoms with Gasteiger partial charge in [0.15, 0.2) is 0 Å². The minimum Gasteiger partial charge on any atom is -0.497 e. The molecule has 2 bridgehead atoms. The maximum Gasteiger partial charge on any atom is 0.119 e. The van der Waals surface area contributed by atoms with E-state index >= 15 is 0 Å². The third-order valence-corrected chi connectivity index (χ3v) is 7.72. The van der Waals surface area contributed by atoms with E-state index in [1.807, 2.05) is 17.4 Å². The molecule has 2 aliphatic heterocycles. The number of rotatable bonds is 5. The summed E-state index contributed by atoms with van der Waals surface area (Å²) in [7, 11) is 1.75. The molecule has 4 heteroatoms. The number of thiophene rings is 2. The number of hydrogen-bond acceptors (Lipinski definition) is 4. The lowest BCUT2D eigenvalue weighted by atomic mass is 9.86. The highest BCUT2D eigenvalue weighted by molar-refractivity contribution is 7.09. The Labute approximate surface area is 175 Å². The third kappa shape index (κ3) is 3.45. The average Bonchev–Trinajstić information content (AvgIpc) is 3.46. The first-order valence-electron chi connectivity index (χ1n) is 9.99. The highest BCUT2D eigenvalue weighted by atomic mass is 32.1. The molecule has 2 saturated heterocycles. The monoisotopic (exact) mass is 407 g/mol. The van der Waals surface area contributed by atoms with Crippen molar-refractivity contribution in [3.63, 3.8) is 0 Å². The van der Waals surface area contributed by atoms with E-state index < -0.39 is 0 Å². The van der Waals surface area contributed by atoms with Crippen molar-refractivity contribution in [3.8, 4) is 5.75 Å². The van der Waals surface area contributed by atoms with E-state index in [0.717, 1.165) is 12.3 Å². The third-order valence-electron chi connectivity index (χ3n) is 6.18. The van der Waals surface area contributed by atoms with Crippen molar-refractivity contribution in [1.82, 2.24) is 4.90 Å². The standard InChI is InChI=1S/C24H25NOS2/c1-26-22-5-2-4-17(14-22)24(18-9-11-27-16-18)19-12-20-7-8-21(13-19)25(20)15-23-6-3-10-28-23/h2-6,9-11,14,16,20-21H,7-8,12-13,15H2,1H3. The van der Waals surface area contributed by atoms with Crippen LogP contribution in [0.5, 0.6) is 5.75 Å². The lowest BCUT2D eigenvalue weighted by Crippen LogP contribution is -2.39. The second kappa shape index (κ2) is 7.86. The van der Waals surface area contributed by atoms with Crippen LogP contribution >= 0.6 is 22.7 Å². The van der Waals surface area contributed by atoms with Crippen LogP contribution in [0.15, 0.2) is 64.2 Å². The van der Waals surface area contributed by atoms with Crippen molar-refractivity contribution >= 4 is 28.2 Å². The molecule has 0 amide bonds. The number of hydrogen-bond donors (Lipinski definition) is 0. The Morgan fingerprint density at radius 3 is 2.57 bits per heavy atom. The summed E-state index contributed by atoms with van der Waals surface area (Å²) < 4.78 is 5.51. The topological polar surface area (TPSA) is 12.5 Å². The molecule has 0 spiro atoms. The summed E-state index contributed by atoms with van der Waals surface area (Å²) in [5.41, 5.74) is 5.72. The maximum atomic E-state index is 5.51. The lowest BCUT2D eigenvalue weighted by Gasteiger charge is -2.37. The number of methoxy groups -OCH3 is 1. The smallest absolute Gasteiger partial charge is 0.119 e. The molecule has 2 aliphatic rings. The van der Waals surface area contributed by atoms with Crippen molar-refractivity contribution in [1.29, 1.82) is 0 Å². The van der Waals surface area contributed by atoms with E-state index in [1.165, 1.54) is 47.3 Å². The molecule has 5 rings (SSSR count). The molecule has 28 heavy (non-hydrogen) atoms. The van der Waals surface area contributed by atoms with E-state index in [4.69, 9.17) is 4.74 Å². The Balaban J connectivity index is 1.50. The molecule has 0 radical (unpaired) electrons. The van der Waals surface area contributed by atoms with E-state index in [1.54, 1.807) is 24.0 Å². The van der Waals surface area contributed by atoms with E-state index in [0.29, 0.717) is 12.1 Å². The molecule has 0 aliphatic carbocycles. The highest BCUT2D eigenvalue weighted by Gasteiger charge is 2.39. The molecule has 144 valence electrons. The normalized spacial score (nSPS) is 21.8. The van der Waals surface area contributed by atoms with Crippen LogP contribution in [0.3, 0.4) is 0 Å². The van der Waals surface area contributed by atoms with Crippen molar-refractivity contribution in [2.45, 2.75) is 44.3 Å². The van der Waals surface area contributed by atoms with Gasteiger partial charge in [0.05, 0.1) is 7.11 Å². The molecule has 2 aromatic heterocycles. The largest absolute Gasteiger partial charge is 0.497 e. The lowest BCUT2D eigenvalue weighted by molar-refractivity contribution is 0.159. The summed E-state index contributed by atoms with van der Waals surface area (Å²) in [6.45, 7) is 1.12. The summed E-state index contributed by atoms with van der Waals surface area (Å²) in [5, 5.41) is 6.68. The van der Waals surface area contributed by atoms with Crippen molar-refractivity contribution < 1.29 is 4.74 Å². The van der Waals surface area contributed by atoms with Crippen molar-refractivity contribution in [3.05, 3.63) is 80.2 Å². The minimum atomic E-state index is 0.676. The van der Waals surface area contributed by atoms with Gasteiger partial charge in [0.25, 0.3) is 0 Å². The zero-order valence-electron chi connectivity index (χ0n) is 16.1. The predicted octanol–water partition coefficient (Wildman–Crippen LogP) is 6.45. The number of fused-ring (bicyclic) bond motifs is 2. The van der Waals surface area contributed by atoms with E-state index in [2.05, 4.69) is 57.4 Å². The van der Waals surface area contributed by atoms with Crippen LogP contribution < -0.4 is 4.74 Å². The first kappa shape index (κ1) is 18.2. The van der Waals surface area contributed by atoms with Crippen LogP contribution in [-0.2, 0) is 6.54 Å². The van der Waals surface area contributed by atoms with Crippen LogP contribution in [-0.4, -0.2) is 24.1 Å². The zero-order valence-corrected chi connectivity index (χ0v) is 17.8.